The van der Waals surface area contributed by atoms with Crippen molar-refractivity contribution in [1.82, 2.24) is 0 Å². The predicted octanol–water partition coefficient (Wildman–Crippen LogP) is 0.678. The lowest BCUT2D eigenvalue weighted by atomic mass is 10.2. The minimum atomic E-state index is -0.333. The van der Waals surface area contributed by atoms with Crippen molar-refractivity contribution in [2.75, 3.05) is 13.2 Å². The Labute approximate surface area is 61.5 Å². The smallest absolute Gasteiger partial charge is 0.214 e. The van der Waals surface area contributed by atoms with Crippen molar-refractivity contribution < 1.29 is 9.53 Å². The molecule has 1 aliphatic rings. The lowest BCUT2D eigenvalue weighted by molar-refractivity contribution is -0.115. The summed E-state index contributed by atoms with van der Waals surface area (Å²) in [5.41, 5.74) is 4.47. The zero-order valence-corrected chi connectivity index (χ0v) is 6.43. The van der Waals surface area contributed by atoms with Crippen LogP contribution in [0.3, 0.4) is 0 Å². The van der Waals surface area contributed by atoms with Crippen molar-refractivity contribution in [1.29, 1.82) is 0 Å². The molecule has 10 heavy (non-hydrogen) atoms. The van der Waals surface area contributed by atoms with Crippen LogP contribution >= 0.6 is 0 Å². The monoisotopic (exact) mass is 145 g/mol. The average molecular weight is 145 g/mol. The number of rotatable bonds is 0. The molecule has 0 bridgehead atoms. The van der Waals surface area contributed by atoms with E-state index in [4.69, 9.17) is 4.74 Å². The maximum atomic E-state index is 9.22. The van der Waals surface area contributed by atoms with E-state index in [-0.39, 0.29) is 5.91 Å². The summed E-state index contributed by atoms with van der Waals surface area (Å²) in [5, 5.41) is 0. The Morgan fingerprint density at radius 2 is 1.70 bits per heavy atom. The molecule has 1 heterocycles. The van der Waals surface area contributed by atoms with Crippen LogP contribution < -0.4 is 5.73 Å². The Morgan fingerprint density at radius 1 is 1.30 bits per heavy atom. The van der Waals surface area contributed by atoms with Gasteiger partial charge in [-0.3, -0.25) is 4.79 Å². The van der Waals surface area contributed by atoms with Gasteiger partial charge < -0.3 is 10.5 Å². The second-order valence-corrected chi connectivity index (χ2v) is 2.28. The standard InChI is InChI=1S/C5H10O.C2H5NO/c1-2-4-6-5-3-1;1-2(3)4/h1-5H2;1H3,(H2,3,4). The van der Waals surface area contributed by atoms with E-state index in [9.17, 15) is 4.79 Å². The number of amides is 1. The van der Waals surface area contributed by atoms with Gasteiger partial charge in [0.05, 0.1) is 0 Å². The molecule has 0 atom stereocenters. The molecule has 0 aromatic carbocycles. The van der Waals surface area contributed by atoms with Crippen molar-refractivity contribution >= 4 is 5.91 Å². The first-order valence-electron chi connectivity index (χ1n) is 3.57. The van der Waals surface area contributed by atoms with E-state index < -0.39 is 0 Å². The summed E-state index contributed by atoms with van der Waals surface area (Å²) in [6.07, 6.45) is 3.93. The molecule has 0 unspecified atom stereocenters. The molecule has 0 aromatic rings. The topological polar surface area (TPSA) is 52.3 Å². The predicted molar refractivity (Wildman–Crippen MR) is 39.5 cm³/mol. The van der Waals surface area contributed by atoms with Crippen molar-refractivity contribution in [3.05, 3.63) is 0 Å². The van der Waals surface area contributed by atoms with Crippen LogP contribution in [-0.2, 0) is 9.53 Å². The molecule has 2 N–H and O–H groups in total. The third-order valence-electron chi connectivity index (χ3n) is 1.08. The van der Waals surface area contributed by atoms with Gasteiger partial charge in [-0.15, -0.1) is 0 Å². The van der Waals surface area contributed by atoms with Gasteiger partial charge in [0.2, 0.25) is 5.91 Å². The fourth-order valence-corrected chi connectivity index (χ4v) is 0.687. The second kappa shape index (κ2) is 6.55. The molecule has 1 saturated heterocycles. The Balaban J connectivity index is 0.000000180. The summed E-state index contributed by atoms with van der Waals surface area (Å²) >= 11 is 0. The molecule has 3 heteroatoms. The van der Waals surface area contributed by atoms with Gasteiger partial charge in [0, 0.05) is 20.1 Å². The number of primary amides is 1. The van der Waals surface area contributed by atoms with Gasteiger partial charge in [-0.2, -0.15) is 0 Å². The van der Waals surface area contributed by atoms with E-state index in [0.717, 1.165) is 13.2 Å². The van der Waals surface area contributed by atoms with Crippen molar-refractivity contribution in [2.45, 2.75) is 26.2 Å². The summed E-state index contributed by atoms with van der Waals surface area (Å²) in [7, 11) is 0. The fraction of sp³-hybridized carbons (Fsp3) is 0.857. The van der Waals surface area contributed by atoms with Crippen molar-refractivity contribution in [2.24, 2.45) is 5.73 Å². The molecule has 3 nitrogen and oxygen atoms in total. The lowest BCUT2D eigenvalue weighted by Crippen LogP contribution is -2.03. The van der Waals surface area contributed by atoms with Crippen molar-refractivity contribution in [3.8, 4) is 0 Å². The van der Waals surface area contributed by atoms with Gasteiger partial charge in [-0.05, 0) is 19.3 Å². The van der Waals surface area contributed by atoms with Gasteiger partial charge >= 0.3 is 0 Å². The number of carbonyl (C=O) groups excluding carboxylic acids is 1. The molecule has 1 aliphatic heterocycles. The van der Waals surface area contributed by atoms with E-state index in [1.54, 1.807) is 0 Å². The third-order valence-corrected chi connectivity index (χ3v) is 1.08. The number of ether oxygens (including phenoxy) is 1. The minimum absolute atomic E-state index is 0.333. The summed E-state index contributed by atoms with van der Waals surface area (Å²) in [6, 6.07) is 0. The SMILES string of the molecule is C1CCOCC1.CC(N)=O. The van der Waals surface area contributed by atoms with E-state index in [2.05, 4.69) is 5.73 Å². The largest absolute Gasteiger partial charge is 0.381 e. The minimum Gasteiger partial charge on any atom is -0.381 e. The Morgan fingerprint density at radius 3 is 1.80 bits per heavy atom. The highest BCUT2D eigenvalue weighted by atomic mass is 16.5. The van der Waals surface area contributed by atoms with Crippen molar-refractivity contribution in [3.63, 3.8) is 0 Å². The number of hydrogen-bond donors (Lipinski definition) is 1. The average Bonchev–Trinajstić information content (AvgIpc) is 1.90. The summed E-state index contributed by atoms with van der Waals surface area (Å²) in [4.78, 5) is 9.22. The van der Waals surface area contributed by atoms with Crippen LogP contribution in [0.15, 0.2) is 0 Å². The Kier molecular flexibility index (Phi) is 6.18. The molecule has 0 radical (unpaired) electrons. The first-order valence-corrected chi connectivity index (χ1v) is 3.57. The van der Waals surface area contributed by atoms with Crippen LogP contribution in [0.4, 0.5) is 0 Å². The van der Waals surface area contributed by atoms with E-state index >= 15 is 0 Å². The summed E-state index contributed by atoms with van der Waals surface area (Å²) < 4.78 is 5.07. The molecule has 1 amide bonds. The summed E-state index contributed by atoms with van der Waals surface area (Å²) in [5.74, 6) is -0.333. The second-order valence-electron chi connectivity index (χ2n) is 2.28. The van der Waals surface area contributed by atoms with Crippen LogP contribution in [0.5, 0.6) is 0 Å². The molecule has 1 rings (SSSR count). The Bertz CT molecular complexity index is 74.1. The third kappa shape index (κ3) is 10.4. The molecular weight excluding hydrogens is 130 g/mol. The zero-order valence-electron chi connectivity index (χ0n) is 6.43. The quantitative estimate of drug-likeness (QED) is 0.545. The highest BCUT2D eigenvalue weighted by molar-refractivity contribution is 5.70. The van der Waals surface area contributed by atoms with Gasteiger partial charge in [-0.1, -0.05) is 0 Å². The highest BCUT2D eigenvalue weighted by Crippen LogP contribution is 2.02. The highest BCUT2D eigenvalue weighted by Gasteiger charge is 1.94. The fourth-order valence-electron chi connectivity index (χ4n) is 0.687. The normalized spacial score (nSPS) is 16.9. The van der Waals surface area contributed by atoms with E-state index in [1.807, 2.05) is 0 Å². The molecule has 0 aliphatic carbocycles. The summed E-state index contributed by atoms with van der Waals surface area (Å²) in [6.45, 7) is 3.31. The Hall–Kier alpha value is -0.570. The zero-order chi connectivity index (χ0) is 7.82. The molecular formula is C7H15NO2. The number of carbonyl (C=O) groups is 1. The van der Waals surface area contributed by atoms with Crippen LogP contribution in [0.2, 0.25) is 0 Å². The molecule has 0 spiro atoms. The molecule has 0 aromatic heterocycles. The maximum absolute atomic E-state index is 9.22. The van der Waals surface area contributed by atoms with Gasteiger partial charge in [0.15, 0.2) is 0 Å². The van der Waals surface area contributed by atoms with Crippen LogP contribution in [0.1, 0.15) is 26.2 Å². The first-order chi connectivity index (χ1) is 4.73. The number of hydrogen-bond acceptors (Lipinski definition) is 2. The maximum Gasteiger partial charge on any atom is 0.214 e. The molecule has 0 saturated carbocycles. The van der Waals surface area contributed by atoms with Gasteiger partial charge in [-0.25, -0.2) is 0 Å². The molecule has 60 valence electrons. The van der Waals surface area contributed by atoms with Crippen LogP contribution in [-0.4, -0.2) is 19.1 Å². The van der Waals surface area contributed by atoms with E-state index in [0.29, 0.717) is 0 Å². The lowest BCUT2D eigenvalue weighted by Gasteiger charge is -2.08. The van der Waals surface area contributed by atoms with Crippen LogP contribution in [0.25, 0.3) is 0 Å². The molecule has 1 fully saturated rings. The van der Waals surface area contributed by atoms with Gasteiger partial charge in [0.25, 0.3) is 0 Å². The van der Waals surface area contributed by atoms with Crippen LogP contribution in [0, 0.1) is 0 Å². The van der Waals surface area contributed by atoms with E-state index in [1.165, 1.54) is 26.2 Å². The van der Waals surface area contributed by atoms with Gasteiger partial charge in [0.1, 0.15) is 0 Å². The first kappa shape index (κ1) is 9.43. The number of nitrogens with two attached hydrogens (primary N) is 1.